The summed E-state index contributed by atoms with van der Waals surface area (Å²) < 4.78 is 10.7. The number of ketones is 2. The minimum Gasteiger partial charge on any atom is -0.461 e. The highest BCUT2D eigenvalue weighted by molar-refractivity contribution is 5.92. The van der Waals surface area contributed by atoms with Gasteiger partial charge in [-0.15, -0.1) is 0 Å². The molecular formula is C53H67N3O10. The number of hydrogen-bond acceptors (Lipinski definition) is 10. The van der Waals surface area contributed by atoms with Crippen LogP contribution in [-0.4, -0.2) is 76.0 Å². The van der Waals surface area contributed by atoms with Crippen molar-refractivity contribution in [1.29, 1.82) is 0 Å². The summed E-state index contributed by atoms with van der Waals surface area (Å²) in [4.78, 5) is 80.5. The van der Waals surface area contributed by atoms with E-state index in [0.717, 1.165) is 22.3 Å². The molecule has 13 nitrogen and oxygen atoms in total. The Morgan fingerprint density at radius 2 is 0.985 bits per heavy atom. The van der Waals surface area contributed by atoms with Crippen molar-refractivity contribution in [3.05, 3.63) is 144 Å². The number of carbonyl (C=O) groups excluding carboxylic acids is 6. The smallest absolute Gasteiger partial charge is 0.408 e. The minimum absolute atomic E-state index is 0.0195. The molecule has 0 aliphatic carbocycles. The Labute approximate surface area is 389 Å². The Bertz CT molecular complexity index is 1980. The SMILES string of the molecule is CC(C)[C@H](CC(=O)[C@H](C)NC(=O)OCc1ccccc1)C(=O)N[C@@H](Cc1ccccc1)[C@@H](O)[C@H](O)[C@@H](CC(=O)[C@@H](NC(=O)[C@H](C)CC(=O)OCc1ccccc1)C(C)C)Cc1ccccc1. The van der Waals surface area contributed by atoms with Crippen LogP contribution in [0.25, 0.3) is 0 Å². The van der Waals surface area contributed by atoms with E-state index in [-0.39, 0.29) is 62.9 Å². The normalized spacial score (nSPS) is 14.9. The zero-order valence-electron chi connectivity index (χ0n) is 38.9. The average molecular weight is 906 g/mol. The van der Waals surface area contributed by atoms with Crippen LogP contribution in [0.4, 0.5) is 4.79 Å². The fourth-order valence-corrected chi connectivity index (χ4v) is 7.65. The van der Waals surface area contributed by atoms with Gasteiger partial charge in [-0.25, -0.2) is 4.79 Å². The Balaban J connectivity index is 1.49. The van der Waals surface area contributed by atoms with Crippen LogP contribution in [0, 0.1) is 29.6 Å². The molecule has 0 aliphatic heterocycles. The van der Waals surface area contributed by atoms with Gasteiger partial charge in [0.25, 0.3) is 0 Å². The second-order valence-corrected chi connectivity index (χ2v) is 17.8. The topological polar surface area (TPSA) is 197 Å². The maximum atomic E-state index is 14.2. The molecule has 354 valence electrons. The molecule has 0 radical (unpaired) electrons. The number of rotatable bonds is 26. The van der Waals surface area contributed by atoms with Crippen LogP contribution < -0.4 is 16.0 Å². The number of ether oxygens (including phenoxy) is 2. The van der Waals surface area contributed by atoms with Gasteiger partial charge in [-0.1, -0.05) is 156 Å². The van der Waals surface area contributed by atoms with Gasteiger partial charge in [0, 0.05) is 24.7 Å². The molecule has 0 aromatic heterocycles. The third kappa shape index (κ3) is 17.3. The van der Waals surface area contributed by atoms with E-state index in [4.69, 9.17) is 9.47 Å². The van der Waals surface area contributed by atoms with Gasteiger partial charge < -0.3 is 35.6 Å². The quantitative estimate of drug-likeness (QED) is 0.0423. The molecule has 4 rings (SSSR count). The van der Waals surface area contributed by atoms with Gasteiger partial charge in [0.15, 0.2) is 11.6 Å². The number of Topliss-reactive ketones (excluding diaryl/α,β-unsaturated/α-hetero) is 2. The molecule has 8 atom stereocenters. The molecule has 0 bridgehead atoms. The molecule has 0 heterocycles. The zero-order valence-corrected chi connectivity index (χ0v) is 38.9. The van der Waals surface area contributed by atoms with Gasteiger partial charge in [-0.05, 0) is 59.8 Å². The summed E-state index contributed by atoms with van der Waals surface area (Å²) >= 11 is 0. The molecule has 0 saturated heterocycles. The predicted molar refractivity (Wildman–Crippen MR) is 251 cm³/mol. The van der Waals surface area contributed by atoms with Crippen molar-refractivity contribution >= 4 is 35.4 Å². The summed E-state index contributed by atoms with van der Waals surface area (Å²) in [5, 5.41) is 32.6. The molecule has 4 aromatic rings. The zero-order chi connectivity index (χ0) is 48.2. The molecule has 0 saturated carbocycles. The summed E-state index contributed by atoms with van der Waals surface area (Å²) in [7, 11) is 0. The maximum Gasteiger partial charge on any atom is 0.408 e. The van der Waals surface area contributed by atoms with Crippen molar-refractivity contribution in [2.75, 3.05) is 0 Å². The van der Waals surface area contributed by atoms with Crippen LogP contribution in [0.3, 0.4) is 0 Å². The Kier molecular flexibility index (Phi) is 21.2. The highest BCUT2D eigenvalue weighted by Gasteiger charge is 2.38. The lowest BCUT2D eigenvalue weighted by Gasteiger charge is -2.34. The first-order valence-corrected chi connectivity index (χ1v) is 22.8. The molecular weight excluding hydrogens is 839 g/mol. The van der Waals surface area contributed by atoms with E-state index in [1.54, 1.807) is 34.6 Å². The highest BCUT2D eigenvalue weighted by atomic mass is 16.5. The first-order chi connectivity index (χ1) is 31.5. The molecule has 66 heavy (non-hydrogen) atoms. The molecule has 0 unspecified atom stereocenters. The number of benzene rings is 4. The monoisotopic (exact) mass is 905 g/mol. The number of aliphatic hydroxyl groups is 2. The van der Waals surface area contributed by atoms with Crippen LogP contribution in [0.1, 0.15) is 83.1 Å². The van der Waals surface area contributed by atoms with E-state index in [1.165, 1.54) is 6.92 Å². The summed E-state index contributed by atoms with van der Waals surface area (Å²) in [5.74, 6) is -5.60. The van der Waals surface area contributed by atoms with E-state index in [0.29, 0.717) is 0 Å². The fraction of sp³-hybridized carbons (Fsp3) is 0.434. The summed E-state index contributed by atoms with van der Waals surface area (Å²) in [5.41, 5.74) is 3.15. The van der Waals surface area contributed by atoms with Crippen LogP contribution in [-0.2, 0) is 59.5 Å². The lowest BCUT2D eigenvalue weighted by atomic mass is 9.81. The van der Waals surface area contributed by atoms with Gasteiger partial charge in [-0.3, -0.25) is 24.0 Å². The van der Waals surface area contributed by atoms with Gasteiger partial charge in [0.2, 0.25) is 11.8 Å². The van der Waals surface area contributed by atoms with Crippen LogP contribution in [0.5, 0.6) is 0 Å². The van der Waals surface area contributed by atoms with Crippen molar-refractivity contribution in [1.82, 2.24) is 16.0 Å². The number of carbonyl (C=O) groups is 6. The van der Waals surface area contributed by atoms with Crippen molar-refractivity contribution in [2.45, 2.75) is 117 Å². The number of hydrogen-bond donors (Lipinski definition) is 5. The minimum atomic E-state index is -1.59. The largest absolute Gasteiger partial charge is 0.461 e. The van der Waals surface area contributed by atoms with Crippen molar-refractivity contribution in [3.8, 4) is 0 Å². The van der Waals surface area contributed by atoms with Crippen molar-refractivity contribution in [2.24, 2.45) is 29.6 Å². The van der Waals surface area contributed by atoms with Gasteiger partial charge in [-0.2, -0.15) is 0 Å². The lowest BCUT2D eigenvalue weighted by Crippen LogP contribution is -2.54. The first-order valence-electron chi connectivity index (χ1n) is 22.8. The highest BCUT2D eigenvalue weighted by Crippen LogP contribution is 2.25. The standard InChI is InChI=1S/C53H67N3O10/c1-34(2)43(31-45(57)37(6)54-53(64)66-33-41-25-17-10-18-26-41)52(63)55-44(29-39-21-13-8-14-22-39)50(61)49(60)42(28-38-19-11-7-12-20-38)30-46(58)48(35(3)4)56-51(62)36(5)27-47(59)65-32-40-23-15-9-16-24-40/h7-26,34-37,42-44,48-50,60-61H,27-33H2,1-6H3,(H,54,64)(H,55,63)(H,56,62)/t36-,37+,42-,43+,44+,48+,49-,50-/m1/s1. The number of alkyl carbamates (subject to hydrolysis) is 1. The number of aliphatic hydroxyl groups excluding tert-OH is 2. The van der Waals surface area contributed by atoms with E-state index < -0.39 is 77.7 Å². The lowest BCUT2D eigenvalue weighted by molar-refractivity contribution is -0.148. The van der Waals surface area contributed by atoms with Gasteiger partial charge in [0.1, 0.15) is 19.3 Å². The van der Waals surface area contributed by atoms with E-state index in [1.807, 2.05) is 121 Å². The number of nitrogens with one attached hydrogen (secondary N) is 3. The van der Waals surface area contributed by atoms with Crippen molar-refractivity contribution < 1.29 is 48.5 Å². The second-order valence-electron chi connectivity index (χ2n) is 17.8. The number of amides is 3. The molecule has 0 spiro atoms. The molecule has 3 amide bonds. The Hall–Kier alpha value is -6.18. The van der Waals surface area contributed by atoms with Crippen LogP contribution in [0.2, 0.25) is 0 Å². The molecule has 5 N–H and O–H groups in total. The summed E-state index contributed by atoms with van der Waals surface area (Å²) in [6.45, 7) is 10.4. The Morgan fingerprint density at radius 1 is 0.500 bits per heavy atom. The predicted octanol–water partition coefficient (Wildman–Crippen LogP) is 6.71. The van der Waals surface area contributed by atoms with Gasteiger partial charge in [0.05, 0.1) is 30.7 Å². The van der Waals surface area contributed by atoms with Crippen molar-refractivity contribution in [3.63, 3.8) is 0 Å². The van der Waals surface area contributed by atoms with Crippen LogP contribution in [0.15, 0.2) is 121 Å². The fourth-order valence-electron chi connectivity index (χ4n) is 7.65. The third-order valence-corrected chi connectivity index (χ3v) is 11.7. The van der Waals surface area contributed by atoms with E-state index in [9.17, 15) is 39.0 Å². The Morgan fingerprint density at radius 3 is 1.48 bits per heavy atom. The summed E-state index contributed by atoms with van der Waals surface area (Å²) in [6.07, 6.45) is -4.28. The molecule has 0 aliphatic rings. The molecule has 4 aromatic carbocycles. The van der Waals surface area contributed by atoms with Gasteiger partial charge >= 0.3 is 12.1 Å². The van der Waals surface area contributed by atoms with E-state index >= 15 is 0 Å². The first kappa shape index (κ1) is 52.4. The number of esters is 1. The second kappa shape index (κ2) is 26.7. The van der Waals surface area contributed by atoms with E-state index in [2.05, 4.69) is 16.0 Å². The third-order valence-electron chi connectivity index (χ3n) is 11.7. The average Bonchev–Trinajstić information content (AvgIpc) is 3.31. The van der Waals surface area contributed by atoms with Crippen LogP contribution >= 0.6 is 0 Å². The molecule has 0 fully saturated rings. The summed E-state index contributed by atoms with van der Waals surface area (Å²) in [6, 6.07) is 33.6. The maximum absolute atomic E-state index is 14.2. The molecule has 13 heteroatoms.